The van der Waals surface area contributed by atoms with Crippen molar-refractivity contribution in [1.82, 2.24) is 10.2 Å². The van der Waals surface area contributed by atoms with Gasteiger partial charge in [0, 0.05) is 6.04 Å². The fraction of sp³-hybridized carbons (Fsp3) is 0.421. The predicted molar refractivity (Wildman–Crippen MR) is 92.4 cm³/mol. The first-order valence-electron chi connectivity index (χ1n) is 8.87. The summed E-state index contributed by atoms with van der Waals surface area (Å²) in [7, 11) is 0. The highest BCUT2D eigenvalue weighted by molar-refractivity contribution is 5.99. The molecule has 2 aliphatic heterocycles. The molecular formula is C19H19F3N2O4. The Hall–Kier alpha value is -2.84. The number of amides is 2. The molecule has 2 heterocycles. The van der Waals surface area contributed by atoms with Gasteiger partial charge in [-0.25, -0.2) is 4.79 Å². The monoisotopic (exact) mass is 396 g/mol. The summed E-state index contributed by atoms with van der Waals surface area (Å²) >= 11 is 0. The molecule has 2 amide bonds. The highest BCUT2D eigenvalue weighted by Gasteiger charge is 2.43. The average molecular weight is 396 g/mol. The lowest BCUT2D eigenvalue weighted by Crippen LogP contribution is -2.54. The van der Waals surface area contributed by atoms with Crippen molar-refractivity contribution >= 4 is 17.8 Å². The van der Waals surface area contributed by atoms with E-state index in [2.05, 4.69) is 5.32 Å². The molecule has 3 rings (SSSR count). The average Bonchev–Trinajstić information content (AvgIpc) is 3.05. The molecule has 0 bridgehead atoms. The first kappa shape index (κ1) is 19.9. The minimum absolute atomic E-state index is 0.0777. The molecule has 0 saturated carbocycles. The first-order chi connectivity index (χ1) is 13.2. The number of aliphatic carboxylic acids is 1. The van der Waals surface area contributed by atoms with Crippen LogP contribution in [0.1, 0.15) is 41.6 Å². The number of hydrogen-bond donors (Lipinski definition) is 2. The van der Waals surface area contributed by atoms with E-state index in [1.165, 1.54) is 17.0 Å². The molecule has 28 heavy (non-hydrogen) atoms. The highest BCUT2D eigenvalue weighted by Crippen LogP contribution is 2.32. The lowest BCUT2D eigenvalue weighted by atomic mass is 10.0. The molecule has 2 aliphatic rings. The molecule has 1 fully saturated rings. The minimum atomic E-state index is -4.72. The molecule has 150 valence electrons. The number of rotatable bonds is 3. The fourth-order valence-electron chi connectivity index (χ4n) is 3.74. The van der Waals surface area contributed by atoms with Crippen LogP contribution in [0.3, 0.4) is 0 Å². The summed E-state index contributed by atoms with van der Waals surface area (Å²) in [5.74, 6) is -2.74. The summed E-state index contributed by atoms with van der Waals surface area (Å²) in [5, 5.41) is 11.7. The molecule has 1 saturated heterocycles. The number of fused-ring (bicyclic) bond motifs is 1. The van der Waals surface area contributed by atoms with E-state index < -0.39 is 47.2 Å². The van der Waals surface area contributed by atoms with Crippen molar-refractivity contribution in [2.24, 2.45) is 0 Å². The number of alkyl halides is 3. The molecule has 1 aromatic carbocycles. The Morgan fingerprint density at radius 1 is 1.11 bits per heavy atom. The number of halogens is 3. The van der Waals surface area contributed by atoms with Crippen LogP contribution in [0.5, 0.6) is 0 Å². The van der Waals surface area contributed by atoms with Crippen LogP contribution in [0.25, 0.3) is 0 Å². The van der Waals surface area contributed by atoms with Crippen LogP contribution < -0.4 is 5.32 Å². The third-order valence-corrected chi connectivity index (χ3v) is 5.07. The second-order valence-corrected chi connectivity index (χ2v) is 6.84. The van der Waals surface area contributed by atoms with Crippen molar-refractivity contribution < 1.29 is 32.7 Å². The Bertz CT molecular complexity index is 822. The quantitative estimate of drug-likeness (QED) is 0.769. The van der Waals surface area contributed by atoms with Gasteiger partial charge in [0.05, 0.1) is 11.1 Å². The third-order valence-electron chi connectivity index (χ3n) is 5.07. The van der Waals surface area contributed by atoms with Gasteiger partial charge in [0.1, 0.15) is 12.1 Å². The number of hydrogen-bond acceptors (Lipinski definition) is 3. The van der Waals surface area contributed by atoms with Crippen LogP contribution in [-0.4, -0.2) is 45.9 Å². The predicted octanol–water partition coefficient (Wildman–Crippen LogP) is 2.60. The maximum absolute atomic E-state index is 13.2. The number of nitrogens with one attached hydrogen (secondary N) is 1. The highest BCUT2D eigenvalue weighted by atomic mass is 19.4. The second-order valence-electron chi connectivity index (χ2n) is 6.84. The lowest BCUT2D eigenvalue weighted by molar-refractivity contribution is -0.150. The van der Waals surface area contributed by atoms with Crippen LogP contribution in [0.4, 0.5) is 13.2 Å². The van der Waals surface area contributed by atoms with Gasteiger partial charge in [-0.15, -0.1) is 0 Å². The van der Waals surface area contributed by atoms with Gasteiger partial charge in [-0.05, 0) is 37.8 Å². The van der Waals surface area contributed by atoms with E-state index in [1.807, 2.05) is 0 Å². The Kier molecular flexibility index (Phi) is 5.44. The number of carbonyl (C=O) groups excluding carboxylic acids is 2. The number of nitrogens with zero attached hydrogens (tertiary/aromatic N) is 1. The van der Waals surface area contributed by atoms with E-state index in [0.717, 1.165) is 12.1 Å². The summed E-state index contributed by atoms with van der Waals surface area (Å²) in [6.45, 7) is 0. The SMILES string of the molecule is O=C(N[C@H]1C/C=C\C[C@@H]2CC[C@@H](C(=O)O)N2C1=O)c1ccccc1C(F)(F)F. The number of carboxylic acids is 1. The third kappa shape index (κ3) is 3.88. The Balaban J connectivity index is 1.86. The van der Waals surface area contributed by atoms with Gasteiger partial charge in [-0.2, -0.15) is 13.2 Å². The molecule has 0 radical (unpaired) electrons. The van der Waals surface area contributed by atoms with Crippen LogP contribution in [0.15, 0.2) is 36.4 Å². The van der Waals surface area contributed by atoms with Crippen molar-refractivity contribution in [2.75, 3.05) is 0 Å². The maximum atomic E-state index is 13.2. The fourth-order valence-corrected chi connectivity index (χ4v) is 3.74. The topological polar surface area (TPSA) is 86.7 Å². The molecule has 1 aromatic rings. The normalized spacial score (nSPS) is 26.2. The summed E-state index contributed by atoms with van der Waals surface area (Å²) in [5.41, 5.74) is -1.68. The van der Waals surface area contributed by atoms with Crippen molar-refractivity contribution in [2.45, 2.75) is 50.0 Å². The zero-order chi connectivity index (χ0) is 20.5. The number of benzene rings is 1. The van der Waals surface area contributed by atoms with Gasteiger partial charge < -0.3 is 15.3 Å². The zero-order valence-corrected chi connectivity index (χ0v) is 14.8. The van der Waals surface area contributed by atoms with Gasteiger partial charge in [-0.1, -0.05) is 24.3 Å². The maximum Gasteiger partial charge on any atom is 0.417 e. The number of carbonyl (C=O) groups is 3. The van der Waals surface area contributed by atoms with E-state index in [9.17, 15) is 32.7 Å². The Morgan fingerprint density at radius 3 is 2.46 bits per heavy atom. The van der Waals surface area contributed by atoms with Crippen LogP contribution in [0, 0.1) is 0 Å². The molecule has 0 aliphatic carbocycles. The van der Waals surface area contributed by atoms with E-state index in [1.54, 1.807) is 12.2 Å². The van der Waals surface area contributed by atoms with Gasteiger partial charge in [-0.3, -0.25) is 9.59 Å². The van der Waals surface area contributed by atoms with Crippen LogP contribution in [-0.2, 0) is 15.8 Å². The van der Waals surface area contributed by atoms with E-state index in [4.69, 9.17) is 0 Å². The first-order valence-corrected chi connectivity index (χ1v) is 8.87. The summed E-state index contributed by atoms with van der Waals surface area (Å²) < 4.78 is 39.5. The van der Waals surface area contributed by atoms with Gasteiger partial charge in [0.2, 0.25) is 5.91 Å². The second kappa shape index (κ2) is 7.65. The van der Waals surface area contributed by atoms with Crippen LogP contribution in [0.2, 0.25) is 0 Å². The Morgan fingerprint density at radius 2 is 1.79 bits per heavy atom. The van der Waals surface area contributed by atoms with E-state index >= 15 is 0 Å². The summed E-state index contributed by atoms with van der Waals surface area (Å²) in [6.07, 6.45) is 0.178. The molecule has 0 unspecified atom stereocenters. The lowest BCUT2D eigenvalue weighted by Gasteiger charge is -2.33. The smallest absolute Gasteiger partial charge is 0.417 e. The van der Waals surface area contributed by atoms with Crippen molar-refractivity contribution in [3.8, 4) is 0 Å². The van der Waals surface area contributed by atoms with E-state index in [0.29, 0.717) is 19.3 Å². The standard InChI is InChI=1S/C19H19F3N2O4/c20-19(21,22)13-7-3-2-6-12(13)16(25)23-14-8-4-1-5-11-9-10-15(18(27)28)24(11)17(14)26/h1-4,6-7,11,14-15H,5,8-10H2,(H,23,25)(H,27,28)/b4-1-/t11-,14+,15+/m1/s1. The van der Waals surface area contributed by atoms with Gasteiger partial charge in [0.15, 0.2) is 0 Å². The van der Waals surface area contributed by atoms with Gasteiger partial charge in [0.25, 0.3) is 5.91 Å². The molecule has 0 spiro atoms. The van der Waals surface area contributed by atoms with Crippen LogP contribution >= 0.6 is 0 Å². The zero-order valence-electron chi connectivity index (χ0n) is 14.8. The molecule has 0 aromatic heterocycles. The molecular weight excluding hydrogens is 377 g/mol. The van der Waals surface area contributed by atoms with Crippen molar-refractivity contribution in [1.29, 1.82) is 0 Å². The minimum Gasteiger partial charge on any atom is -0.480 e. The molecule has 9 heteroatoms. The van der Waals surface area contributed by atoms with E-state index in [-0.39, 0.29) is 12.5 Å². The summed E-state index contributed by atoms with van der Waals surface area (Å²) in [4.78, 5) is 38.2. The largest absolute Gasteiger partial charge is 0.480 e. The Labute approximate surface area is 159 Å². The molecule has 2 N–H and O–H groups in total. The number of carboxylic acid groups (broad SMARTS) is 1. The molecule has 6 nitrogen and oxygen atoms in total. The molecule has 3 atom stereocenters. The van der Waals surface area contributed by atoms with Gasteiger partial charge >= 0.3 is 12.1 Å². The van der Waals surface area contributed by atoms with Crippen molar-refractivity contribution in [3.05, 3.63) is 47.5 Å². The summed E-state index contributed by atoms with van der Waals surface area (Å²) in [6, 6.07) is 1.90. The van der Waals surface area contributed by atoms with Crippen molar-refractivity contribution in [3.63, 3.8) is 0 Å².